The van der Waals surface area contributed by atoms with E-state index in [2.05, 4.69) is 0 Å². The monoisotopic (exact) mass is 156 g/mol. The van der Waals surface area contributed by atoms with E-state index < -0.39 is 0 Å². The van der Waals surface area contributed by atoms with Crippen LogP contribution in [0.15, 0.2) is 0 Å². The van der Waals surface area contributed by atoms with Gasteiger partial charge in [-0.15, -0.1) is 0 Å². The molecule has 0 aromatic heterocycles. The van der Waals surface area contributed by atoms with Crippen molar-refractivity contribution in [2.45, 2.75) is 32.0 Å². The minimum Gasteiger partial charge on any atom is -0.460 e. The molecule has 0 radical (unpaired) electrons. The van der Waals surface area contributed by atoms with Gasteiger partial charge in [-0.05, 0) is 13.8 Å². The number of rotatable bonds is 0. The van der Waals surface area contributed by atoms with Crippen LogP contribution in [0.1, 0.15) is 20.3 Å². The molecule has 2 heterocycles. The highest BCUT2D eigenvalue weighted by Crippen LogP contribution is 2.37. The SMILES string of the molecule is CC1(C)OCC2CC1C(=O)O2. The lowest BCUT2D eigenvalue weighted by atomic mass is 9.86. The van der Waals surface area contributed by atoms with Gasteiger partial charge in [-0.25, -0.2) is 0 Å². The van der Waals surface area contributed by atoms with Crippen molar-refractivity contribution in [1.29, 1.82) is 0 Å². The zero-order chi connectivity index (χ0) is 8.06. The fourth-order valence-electron chi connectivity index (χ4n) is 1.73. The molecular weight excluding hydrogens is 144 g/mol. The molecule has 2 aliphatic heterocycles. The Morgan fingerprint density at radius 3 is 2.91 bits per heavy atom. The van der Waals surface area contributed by atoms with Gasteiger partial charge in [-0.2, -0.15) is 0 Å². The van der Waals surface area contributed by atoms with Crippen LogP contribution in [0.4, 0.5) is 0 Å². The predicted molar refractivity (Wildman–Crippen MR) is 38.0 cm³/mol. The van der Waals surface area contributed by atoms with Crippen LogP contribution >= 0.6 is 0 Å². The molecule has 2 fully saturated rings. The number of carbonyl (C=O) groups is 1. The second kappa shape index (κ2) is 1.97. The zero-order valence-corrected chi connectivity index (χ0v) is 6.79. The van der Waals surface area contributed by atoms with E-state index in [0.717, 1.165) is 6.42 Å². The third-order valence-corrected chi connectivity index (χ3v) is 2.55. The topological polar surface area (TPSA) is 35.5 Å². The summed E-state index contributed by atoms with van der Waals surface area (Å²) in [5, 5.41) is 0. The van der Waals surface area contributed by atoms with Gasteiger partial charge in [-0.3, -0.25) is 4.79 Å². The molecule has 0 amide bonds. The minimum atomic E-state index is -0.315. The van der Waals surface area contributed by atoms with Crippen molar-refractivity contribution in [2.75, 3.05) is 6.61 Å². The van der Waals surface area contributed by atoms with Crippen LogP contribution < -0.4 is 0 Å². The van der Waals surface area contributed by atoms with Crippen LogP contribution in [0.5, 0.6) is 0 Å². The summed E-state index contributed by atoms with van der Waals surface area (Å²) in [5.41, 5.74) is -0.315. The lowest BCUT2D eigenvalue weighted by Crippen LogP contribution is -2.41. The average Bonchev–Trinajstić information content (AvgIpc) is 2.23. The maximum Gasteiger partial charge on any atom is 0.312 e. The normalized spacial score (nSPS) is 40.4. The van der Waals surface area contributed by atoms with E-state index in [-0.39, 0.29) is 23.6 Å². The number of esters is 1. The van der Waals surface area contributed by atoms with Crippen molar-refractivity contribution in [3.05, 3.63) is 0 Å². The molecule has 11 heavy (non-hydrogen) atoms. The minimum absolute atomic E-state index is 0.0283. The van der Waals surface area contributed by atoms with Crippen LogP contribution in [-0.4, -0.2) is 24.3 Å². The van der Waals surface area contributed by atoms with E-state index in [1.807, 2.05) is 13.8 Å². The van der Waals surface area contributed by atoms with Gasteiger partial charge in [0.15, 0.2) is 0 Å². The van der Waals surface area contributed by atoms with Gasteiger partial charge in [0.05, 0.1) is 18.1 Å². The molecule has 0 saturated carbocycles. The van der Waals surface area contributed by atoms with Gasteiger partial charge >= 0.3 is 5.97 Å². The maximum absolute atomic E-state index is 11.2. The fourth-order valence-corrected chi connectivity index (χ4v) is 1.73. The lowest BCUT2D eigenvalue weighted by molar-refractivity contribution is -0.144. The molecule has 3 nitrogen and oxygen atoms in total. The Bertz CT molecular complexity index is 198. The molecule has 2 aliphatic rings. The standard InChI is InChI=1S/C8H12O3/c1-8(2)6-3-5(4-10-8)11-7(6)9/h5-6H,3-4H2,1-2H3. The molecule has 2 unspecified atom stereocenters. The summed E-state index contributed by atoms with van der Waals surface area (Å²) < 4.78 is 10.5. The molecular formula is C8H12O3. The summed E-state index contributed by atoms with van der Waals surface area (Å²) in [7, 11) is 0. The summed E-state index contributed by atoms with van der Waals surface area (Å²) in [6.45, 7) is 4.45. The highest BCUT2D eigenvalue weighted by molar-refractivity contribution is 5.76. The number of carbonyl (C=O) groups excluding carboxylic acids is 1. The van der Waals surface area contributed by atoms with E-state index in [9.17, 15) is 4.79 Å². The van der Waals surface area contributed by atoms with Crippen molar-refractivity contribution >= 4 is 5.97 Å². The molecule has 3 heteroatoms. The Morgan fingerprint density at radius 2 is 2.27 bits per heavy atom. The summed E-state index contributed by atoms with van der Waals surface area (Å²) >= 11 is 0. The Kier molecular flexibility index (Phi) is 1.27. The Balaban J connectivity index is 2.25. The summed E-state index contributed by atoms with van der Waals surface area (Å²) in [6, 6.07) is 0. The number of fused-ring (bicyclic) bond motifs is 2. The van der Waals surface area contributed by atoms with Crippen LogP contribution in [0.2, 0.25) is 0 Å². The predicted octanol–water partition coefficient (Wildman–Crippen LogP) is 0.727. The fraction of sp³-hybridized carbons (Fsp3) is 0.875. The van der Waals surface area contributed by atoms with Crippen molar-refractivity contribution in [3.63, 3.8) is 0 Å². The van der Waals surface area contributed by atoms with Gasteiger partial charge in [0.1, 0.15) is 6.10 Å². The first-order chi connectivity index (χ1) is 5.09. The van der Waals surface area contributed by atoms with Gasteiger partial charge in [-0.1, -0.05) is 0 Å². The van der Waals surface area contributed by atoms with E-state index in [4.69, 9.17) is 9.47 Å². The molecule has 2 bridgehead atoms. The molecule has 2 saturated heterocycles. The average molecular weight is 156 g/mol. The van der Waals surface area contributed by atoms with E-state index >= 15 is 0 Å². The third-order valence-electron chi connectivity index (χ3n) is 2.55. The first-order valence-electron chi connectivity index (χ1n) is 3.94. The van der Waals surface area contributed by atoms with Crippen molar-refractivity contribution < 1.29 is 14.3 Å². The van der Waals surface area contributed by atoms with Crippen molar-refractivity contribution in [2.24, 2.45) is 5.92 Å². The first-order valence-corrected chi connectivity index (χ1v) is 3.94. The van der Waals surface area contributed by atoms with Crippen LogP contribution in [0.3, 0.4) is 0 Å². The molecule has 0 aromatic rings. The van der Waals surface area contributed by atoms with Gasteiger partial charge in [0, 0.05) is 6.42 Å². The molecule has 0 aromatic carbocycles. The number of ether oxygens (including phenoxy) is 2. The van der Waals surface area contributed by atoms with Crippen molar-refractivity contribution in [1.82, 2.24) is 0 Å². The molecule has 0 aliphatic carbocycles. The first kappa shape index (κ1) is 7.10. The van der Waals surface area contributed by atoms with Crippen molar-refractivity contribution in [3.8, 4) is 0 Å². The third kappa shape index (κ3) is 0.948. The smallest absolute Gasteiger partial charge is 0.312 e. The van der Waals surface area contributed by atoms with Crippen LogP contribution in [0, 0.1) is 5.92 Å². The van der Waals surface area contributed by atoms with E-state index in [1.54, 1.807) is 0 Å². The molecule has 2 atom stereocenters. The molecule has 2 rings (SSSR count). The number of hydrogen-bond acceptors (Lipinski definition) is 3. The summed E-state index contributed by atoms with van der Waals surface area (Å²) in [4.78, 5) is 11.2. The largest absolute Gasteiger partial charge is 0.460 e. The second-order valence-electron chi connectivity index (χ2n) is 3.76. The highest BCUT2D eigenvalue weighted by Gasteiger charge is 2.49. The highest BCUT2D eigenvalue weighted by atomic mass is 16.6. The zero-order valence-electron chi connectivity index (χ0n) is 6.79. The molecule has 0 spiro atoms. The maximum atomic E-state index is 11.2. The second-order valence-corrected chi connectivity index (χ2v) is 3.76. The van der Waals surface area contributed by atoms with E-state index in [1.165, 1.54) is 0 Å². The Labute approximate surface area is 65.7 Å². The van der Waals surface area contributed by atoms with E-state index in [0.29, 0.717) is 6.61 Å². The van der Waals surface area contributed by atoms with Gasteiger partial charge in [0.2, 0.25) is 0 Å². The van der Waals surface area contributed by atoms with Gasteiger partial charge in [0.25, 0.3) is 0 Å². The summed E-state index contributed by atoms with van der Waals surface area (Å²) in [5.74, 6) is -0.126. The summed E-state index contributed by atoms with van der Waals surface area (Å²) in [6.07, 6.45) is 0.867. The Morgan fingerprint density at radius 1 is 1.55 bits per heavy atom. The Hall–Kier alpha value is -0.570. The molecule has 0 N–H and O–H groups in total. The molecule has 62 valence electrons. The van der Waals surface area contributed by atoms with Crippen LogP contribution in [-0.2, 0) is 14.3 Å². The van der Waals surface area contributed by atoms with Gasteiger partial charge < -0.3 is 9.47 Å². The lowest BCUT2D eigenvalue weighted by Gasteiger charge is -2.32. The number of hydrogen-bond donors (Lipinski definition) is 0. The van der Waals surface area contributed by atoms with Crippen LogP contribution in [0.25, 0.3) is 0 Å². The quantitative estimate of drug-likeness (QED) is 0.485.